The summed E-state index contributed by atoms with van der Waals surface area (Å²) in [7, 11) is 1.97. The Bertz CT molecular complexity index is 1130. The fourth-order valence-electron chi connectivity index (χ4n) is 5.10. The van der Waals surface area contributed by atoms with Crippen molar-refractivity contribution in [3.05, 3.63) is 47.3 Å². The second-order valence-corrected chi connectivity index (χ2v) is 8.79. The highest BCUT2D eigenvalue weighted by Gasteiger charge is 2.39. The zero-order chi connectivity index (χ0) is 21.7. The summed E-state index contributed by atoms with van der Waals surface area (Å²) in [6, 6.07) is 5.28. The molecule has 7 nitrogen and oxygen atoms in total. The molecule has 0 saturated carbocycles. The summed E-state index contributed by atoms with van der Waals surface area (Å²) in [6.45, 7) is 2.64. The number of allylic oxidation sites excluding steroid dienone is 2. The van der Waals surface area contributed by atoms with Gasteiger partial charge < -0.3 is 4.90 Å². The summed E-state index contributed by atoms with van der Waals surface area (Å²) < 4.78 is 1.94. The summed E-state index contributed by atoms with van der Waals surface area (Å²) in [6.07, 6.45) is 8.34. The van der Waals surface area contributed by atoms with Gasteiger partial charge in [0.15, 0.2) is 0 Å². The molecule has 5 rings (SSSR count). The predicted molar refractivity (Wildman–Crippen MR) is 116 cm³/mol. The lowest BCUT2D eigenvalue weighted by atomic mass is 9.85. The number of carbonyl (C=O) groups is 3. The van der Waals surface area contributed by atoms with Gasteiger partial charge in [0.05, 0.1) is 11.9 Å². The van der Waals surface area contributed by atoms with Gasteiger partial charge in [-0.15, -0.1) is 0 Å². The molecule has 2 atom stereocenters. The van der Waals surface area contributed by atoms with E-state index in [2.05, 4.69) is 23.4 Å². The van der Waals surface area contributed by atoms with Crippen LogP contribution >= 0.6 is 0 Å². The standard InChI is InChI=1S/C24H26N4O3/c1-14-5-3-4-6-17(14)22-19(12-25-27(22)2)15-7-8-18-16(11-15)13-28(24(18)31)20-9-10-21(29)26-23(20)30/h6-8,11-12,14,20H,3-5,9-10,13H2,1-2H3,(H,26,29,30). The van der Waals surface area contributed by atoms with Crippen LogP contribution in [0.15, 0.2) is 30.5 Å². The molecule has 1 aromatic heterocycles. The van der Waals surface area contributed by atoms with Crippen LogP contribution in [-0.4, -0.2) is 38.4 Å². The third-order valence-electron chi connectivity index (χ3n) is 6.78. The van der Waals surface area contributed by atoms with Gasteiger partial charge in [0.1, 0.15) is 6.04 Å². The van der Waals surface area contributed by atoms with Crippen LogP contribution in [-0.2, 0) is 23.2 Å². The van der Waals surface area contributed by atoms with Crippen molar-refractivity contribution < 1.29 is 14.4 Å². The number of hydrogen-bond acceptors (Lipinski definition) is 4. The summed E-state index contributed by atoms with van der Waals surface area (Å²) in [5.41, 5.74) is 6.11. The summed E-state index contributed by atoms with van der Waals surface area (Å²) in [5.74, 6) is -0.318. The lowest BCUT2D eigenvalue weighted by Gasteiger charge is -2.29. The fraction of sp³-hybridized carbons (Fsp3) is 0.417. The SMILES string of the molecule is CC1CCCC=C1c1c(-c2ccc3c(c2)CN(C2CCC(=O)NC2=O)C3=O)cnn1C. The molecule has 1 N–H and O–H groups in total. The molecule has 3 aliphatic rings. The van der Waals surface area contributed by atoms with Gasteiger partial charge in [-0.1, -0.05) is 19.1 Å². The van der Waals surface area contributed by atoms with E-state index in [4.69, 9.17) is 0 Å². The maximum absolute atomic E-state index is 13.0. The van der Waals surface area contributed by atoms with Crippen LogP contribution < -0.4 is 5.32 Å². The number of amides is 3. The molecule has 1 aliphatic carbocycles. The number of nitrogens with zero attached hydrogens (tertiary/aromatic N) is 3. The van der Waals surface area contributed by atoms with Crippen LogP contribution in [0, 0.1) is 5.92 Å². The van der Waals surface area contributed by atoms with Crippen molar-refractivity contribution in [3.63, 3.8) is 0 Å². The summed E-state index contributed by atoms with van der Waals surface area (Å²) in [5, 5.41) is 6.88. The van der Waals surface area contributed by atoms with Gasteiger partial charge in [0.25, 0.3) is 5.91 Å². The number of piperidine rings is 1. The smallest absolute Gasteiger partial charge is 0.255 e. The second kappa shape index (κ2) is 7.48. The quantitative estimate of drug-likeness (QED) is 0.777. The molecule has 160 valence electrons. The van der Waals surface area contributed by atoms with E-state index in [1.807, 2.05) is 36.1 Å². The zero-order valence-corrected chi connectivity index (χ0v) is 17.9. The molecular formula is C24H26N4O3. The molecule has 3 heterocycles. The van der Waals surface area contributed by atoms with Crippen molar-refractivity contribution >= 4 is 23.3 Å². The third-order valence-corrected chi connectivity index (χ3v) is 6.78. The van der Waals surface area contributed by atoms with E-state index in [1.54, 1.807) is 4.90 Å². The first-order valence-electron chi connectivity index (χ1n) is 10.9. The lowest BCUT2D eigenvalue weighted by molar-refractivity contribution is -0.136. The molecular weight excluding hydrogens is 392 g/mol. The summed E-state index contributed by atoms with van der Waals surface area (Å²) >= 11 is 0. The number of rotatable bonds is 3. The Kier molecular flexibility index (Phi) is 4.76. The van der Waals surface area contributed by atoms with E-state index in [-0.39, 0.29) is 24.1 Å². The van der Waals surface area contributed by atoms with Crippen LogP contribution in [0.4, 0.5) is 0 Å². The molecule has 2 aromatic rings. The number of benzene rings is 1. The maximum atomic E-state index is 13.0. The average molecular weight is 418 g/mol. The Morgan fingerprint density at radius 3 is 2.74 bits per heavy atom. The van der Waals surface area contributed by atoms with E-state index in [9.17, 15) is 14.4 Å². The highest BCUT2D eigenvalue weighted by Crippen LogP contribution is 2.38. The van der Waals surface area contributed by atoms with Crippen molar-refractivity contribution in [3.8, 4) is 11.1 Å². The van der Waals surface area contributed by atoms with Crippen LogP contribution in [0.2, 0.25) is 0 Å². The number of hydrogen-bond donors (Lipinski definition) is 1. The number of carbonyl (C=O) groups excluding carboxylic acids is 3. The van der Waals surface area contributed by atoms with Gasteiger partial charge in [0, 0.05) is 31.1 Å². The number of imide groups is 1. The zero-order valence-electron chi connectivity index (χ0n) is 17.9. The van der Waals surface area contributed by atoms with Gasteiger partial charge in [-0.05, 0) is 60.4 Å². The largest absolute Gasteiger partial charge is 0.322 e. The van der Waals surface area contributed by atoms with Crippen molar-refractivity contribution in [1.82, 2.24) is 20.0 Å². The van der Waals surface area contributed by atoms with Crippen LogP contribution in [0.1, 0.15) is 60.6 Å². The Morgan fingerprint density at radius 1 is 1.13 bits per heavy atom. The number of fused-ring (bicyclic) bond motifs is 1. The fourth-order valence-corrected chi connectivity index (χ4v) is 5.10. The Hall–Kier alpha value is -3.22. The molecule has 0 bridgehead atoms. The Balaban J connectivity index is 1.48. The molecule has 7 heteroatoms. The first kappa shape index (κ1) is 19.7. The second-order valence-electron chi connectivity index (χ2n) is 8.79. The first-order valence-corrected chi connectivity index (χ1v) is 10.9. The minimum Gasteiger partial charge on any atom is -0.322 e. The molecule has 3 amide bonds. The molecule has 1 saturated heterocycles. The Labute approximate surface area is 181 Å². The summed E-state index contributed by atoms with van der Waals surface area (Å²) in [4.78, 5) is 38.3. The van der Waals surface area contributed by atoms with E-state index >= 15 is 0 Å². The highest BCUT2D eigenvalue weighted by atomic mass is 16.2. The van der Waals surface area contributed by atoms with Crippen molar-refractivity contribution in [2.75, 3.05) is 0 Å². The molecule has 2 aliphatic heterocycles. The predicted octanol–water partition coefficient (Wildman–Crippen LogP) is 3.05. The van der Waals surface area contributed by atoms with Crippen molar-refractivity contribution in [2.24, 2.45) is 13.0 Å². The van der Waals surface area contributed by atoms with E-state index < -0.39 is 6.04 Å². The molecule has 0 spiro atoms. The monoisotopic (exact) mass is 418 g/mol. The highest BCUT2D eigenvalue weighted by molar-refractivity contribution is 6.05. The third kappa shape index (κ3) is 3.28. The number of nitrogens with one attached hydrogen (secondary N) is 1. The van der Waals surface area contributed by atoms with Crippen LogP contribution in [0.5, 0.6) is 0 Å². The van der Waals surface area contributed by atoms with Crippen LogP contribution in [0.3, 0.4) is 0 Å². The molecule has 0 radical (unpaired) electrons. The molecule has 1 fully saturated rings. The van der Waals surface area contributed by atoms with Gasteiger partial charge in [-0.3, -0.25) is 24.4 Å². The molecule has 31 heavy (non-hydrogen) atoms. The minimum absolute atomic E-state index is 0.147. The maximum Gasteiger partial charge on any atom is 0.255 e. The molecule has 1 aromatic carbocycles. The van der Waals surface area contributed by atoms with Gasteiger partial charge in [0.2, 0.25) is 11.8 Å². The van der Waals surface area contributed by atoms with E-state index in [0.29, 0.717) is 24.4 Å². The first-order chi connectivity index (χ1) is 14.9. The number of aromatic nitrogens is 2. The van der Waals surface area contributed by atoms with E-state index in [1.165, 1.54) is 18.4 Å². The normalized spacial score (nSPS) is 23.6. The number of aryl methyl sites for hydroxylation is 1. The van der Waals surface area contributed by atoms with Gasteiger partial charge in [-0.2, -0.15) is 5.10 Å². The topological polar surface area (TPSA) is 84.3 Å². The van der Waals surface area contributed by atoms with E-state index in [0.717, 1.165) is 28.8 Å². The van der Waals surface area contributed by atoms with Gasteiger partial charge in [-0.25, -0.2) is 0 Å². The molecule has 2 unspecified atom stereocenters. The van der Waals surface area contributed by atoms with Crippen molar-refractivity contribution in [1.29, 1.82) is 0 Å². The Morgan fingerprint density at radius 2 is 1.97 bits per heavy atom. The van der Waals surface area contributed by atoms with Crippen molar-refractivity contribution in [2.45, 2.75) is 51.6 Å². The average Bonchev–Trinajstić information content (AvgIpc) is 3.28. The minimum atomic E-state index is -0.594. The lowest BCUT2D eigenvalue weighted by Crippen LogP contribution is -2.52. The van der Waals surface area contributed by atoms with Gasteiger partial charge >= 0.3 is 0 Å². The van der Waals surface area contributed by atoms with Crippen LogP contribution in [0.25, 0.3) is 16.7 Å².